The second kappa shape index (κ2) is 36.5. The van der Waals surface area contributed by atoms with E-state index in [9.17, 15) is 30.3 Å². The van der Waals surface area contributed by atoms with Crippen LogP contribution in [0.4, 0.5) is 0 Å². The molecule has 0 saturated carbocycles. The number of aliphatic hydroxyl groups excluding tert-OH is 5. The van der Waals surface area contributed by atoms with Crippen molar-refractivity contribution in [1.29, 1.82) is 0 Å². The first-order valence-electron chi connectivity index (χ1n) is 22.3. The second-order valence-electron chi connectivity index (χ2n) is 15.5. The Morgan fingerprint density at radius 2 is 1.07 bits per heavy atom. The molecule has 0 spiro atoms. The summed E-state index contributed by atoms with van der Waals surface area (Å²) in [5, 5.41) is 54.2. The van der Waals surface area contributed by atoms with E-state index in [0.717, 1.165) is 44.9 Å². The highest BCUT2D eigenvalue weighted by molar-refractivity contribution is 5.76. The molecule has 0 aromatic carbocycles. The molecule has 320 valence electrons. The van der Waals surface area contributed by atoms with Crippen LogP contribution in [0.15, 0.2) is 48.6 Å². The Morgan fingerprint density at radius 3 is 1.58 bits per heavy atom. The van der Waals surface area contributed by atoms with Crippen molar-refractivity contribution in [2.24, 2.45) is 0 Å². The lowest BCUT2D eigenvalue weighted by atomic mass is 9.99. The van der Waals surface area contributed by atoms with E-state index >= 15 is 0 Å². The molecule has 1 aliphatic heterocycles. The highest BCUT2D eigenvalue weighted by Gasteiger charge is 2.44. The summed E-state index contributed by atoms with van der Waals surface area (Å²) in [6, 6.07) is -0.747. The first kappa shape index (κ1) is 51.2. The molecule has 7 atom stereocenters. The van der Waals surface area contributed by atoms with Crippen molar-refractivity contribution in [2.45, 2.75) is 224 Å². The minimum absolute atomic E-state index is 0.162. The third kappa shape index (κ3) is 27.4. The van der Waals surface area contributed by atoms with Gasteiger partial charge in [0, 0.05) is 6.42 Å². The van der Waals surface area contributed by atoms with Gasteiger partial charge in [0.15, 0.2) is 6.29 Å². The van der Waals surface area contributed by atoms with Crippen molar-refractivity contribution in [3.8, 4) is 0 Å². The molecule has 1 fully saturated rings. The van der Waals surface area contributed by atoms with Gasteiger partial charge >= 0.3 is 0 Å². The summed E-state index contributed by atoms with van der Waals surface area (Å²) >= 11 is 0. The highest BCUT2D eigenvalue weighted by atomic mass is 16.7. The smallest absolute Gasteiger partial charge is 0.220 e. The van der Waals surface area contributed by atoms with Crippen molar-refractivity contribution >= 4 is 5.91 Å². The summed E-state index contributed by atoms with van der Waals surface area (Å²) < 4.78 is 11.2. The minimum Gasteiger partial charge on any atom is -0.394 e. The number of allylic oxidation sites excluding steroid dienone is 8. The van der Waals surface area contributed by atoms with E-state index < -0.39 is 49.5 Å². The molecule has 9 heteroatoms. The van der Waals surface area contributed by atoms with Crippen LogP contribution in [0, 0.1) is 0 Å². The number of nitrogens with one attached hydrogen (secondary N) is 1. The van der Waals surface area contributed by atoms with E-state index in [1.54, 1.807) is 0 Å². The Balaban J connectivity index is 2.37. The normalized spacial score (nSPS) is 21.8. The van der Waals surface area contributed by atoms with Gasteiger partial charge in [-0.1, -0.05) is 172 Å². The zero-order chi connectivity index (χ0) is 40.2. The predicted octanol–water partition coefficient (Wildman–Crippen LogP) is 9.06. The summed E-state index contributed by atoms with van der Waals surface area (Å²) in [6.45, 7) is 3.77. The lowest BCUT2D eigenvalue weighted by Crippen LogP contribution is -2.60. The third-order valence-corrected chi connectivity index (χ3v) is 10.4. The Morgan fingerprint density at radius 1 is 0.618 bits per heavy atom. The number of hydrogen-bond acceptors (Lipinski definition) is 8. The molecule has 1 amide bonds. The monoisotopic (exact) mass is 778 g/mol. The van der Waals surface area contributed by atoms with Crippen LogP contribution in [0.25, 0.3) is 0 Å². The molecule has 0 radical (unpaired) electrons. The number of ether oxygens (including phenoxy) is 2. The first-order valence-corrected chi connectivity index (χ1v) is 22.3. The number of unbranched alkanes of at least 4 members (excludes halogenated alkanes) is 18. The summed E-state index contributed by atoms with van der Waals surface area (Å²) in [5.74, 6) is -0.201. The van der Waals surface area contributed by atoms with Crippen molar-refractivity contribution in [3.05, 3.63) is 48.6 Å². The number of rotatable bonds is 36. The third-order valence-electron chi connectivity index (χ3n) is 10.4. The van der Waals surface area contributed by atoms with Crippen LogP contribution < -0.4 is 5.32 Å². The lowest BCUT2D eigenvalue weighted by Gasteiger charge is -2.40. The quantitative estimate of drug-likeness (QED) is 0.0273. The molecule has 6 N–H and O–H groups in total. The Bertz CT molecular complexity index is 998. The van der Waals surface area contributed by atoms with Gasteiger partial charge in [-0.15, -0.1) is 0 Å². The van der Waals surface area contributed by atoms with Crippen LogP contribution in [-0.4, -0.2) is 87.5 Å². The zero-order valence-electron chi connectivity index (χ0n) is 34.9. The second-order valence-corrected chi connectivity index (χ2v) is 15.5. The first-order chi connectivity index (χ1) is 26.8. The maximum absolute atomic E-state index is 12.9. The standard InChI is InChI=1S/C46H83NO8/c1-3-5-7-9-11-13-15-16-17-18-19-20-21-22-23-24-26-28-30-32-34-36-42(50)47-39(38-54-46-45(53)44(52)43(51)41(37-48)55-46)40(49)35-33-31-29-27-25-14-12-10-8-6-4-2/h17-18,20-21,23-24,28,30,39-41,43-46,48-49,51-53H,3-16,19,22,25-27,29,31-38H2,1-2H3,(H,47,50)/b18-17+,21-20+,24-23+,30-28+/t39-,40+,41-,43-,44?,45?,46-/m0/s1. The molecular weight excluding hydrogens is 695 g/mol. The maximum Gasteiger partial charge on any atom is 0.220 e. The largest absolute Gasteiger partial charge is 0.394 e. The van der Waals surface area contributed by atoms with Crippen molar-refractivity contribution < 1.29 is 39.8 Å². The van der Waals surface area contributed by atoms with Gasteiger partial charge in [-0.05, 0) is 51.4 Å². The number of hydrogen-bond donors (Lipinski definition) is 6. The van der Waals surface area contributed by atoms with Gasteiger partial charge < -0.3 is 40.3 Å². The molecule has 2 unspecified atom stereocenters. The van der Waals surface area contributed by atoms with Gasteiger partial charge in [0.25, 0.3) is 0 Å². The van der Waals surface area contributed by atoms with Gasteiger partial charge in [0.05, 0.1) is 25.4 Å². The van der Waals surface area contributed by atoms with E-state index in [1.807, 2.05) is 0 Å². The van der Waals surface area contributed by atoms with E-state index in [4.69, 9.17) is 9.47 Å². The average molecular weight is 778 g/mol. The number of carbonyl (C=O) groups is 1. The van der Waals surface area contributed by atoms with Gasteiger partial charge in [-0.2, -0.15) is 0 Å². The number of carbonyl (C=O) groups excluding carboxylic acids is 1. The highest BCUT2D eigenvalue weighted by Crippen LogP contribution is 2.23. The number of aliphatic hydroxyl groups is 5. The molecule has 1 saturated heterocycles. The van der Waals surface area contributed by atoms with Crippen molar-refractivity contribution in [3.63, 3.8) is 0 Å². The van der Waals surface area contributed by atoms with Gasteiger partial charge in [-0.25, -0.2) is 0 Å². The summed E-state index contributed by atoms with van der Waals surface area (Å²) in [6.07, 6.45) is 38.4. The molecule has 0 aliphatic carbocycles. The van der Waals surface area contributed by atoms with Crippen LogP contribution in [0.3, 0.4) is 0 Å². The Labute approximate surface area is 335 Å². The fraction of sp³-hybridized carbons (Fsp3) is 0.804. The van der Waals surface area contributed by atoms with Crippen LogP contribution in [-0.2, 0) is 14.3 Å². The molecule has 0 aromatic rings. The minimum atomic E-state index is -1.56. The topological polar surface area (TPSA) is 149 Å². The van der Waals surface area contributed by atoms with Crippen LogP contribution in [0.5, 0.6) is 0 Å². The van der Waals surface area contributed by atoms with E-state index in [0.29, 0.717) is 19.3 Å². The average Bonchev–Trinajstić information content (AvgIpc) is 3.18. The SMILES string of the molecule is CCCCCCCCC/C=C/C/C=C/C/C=C/C/C=C/CCCC(=O)N[C@@H](CO[C@H]1O[C@@H](CO)[C@H](O)C(O)C1O)[C@H](O)CCCCCCCCCCCCC. The van der Waals surface area contributed by atoms with Gasteiger partial charge in [0.2, 0.25) is 5.91 Å². The van der Waals surface area contributed by atoms with E-state index in [-0.39, 0.29) is 12.5 Å². The maximum atomic E-state index is 12.9. The Kier molecular flexibility index (Phi) is 33.9. The van der Waals surface area contributed by atoms with Crippen LogP contribution in [0.2, 0.25) is 0 Å². The summed E-state index contributed by atoms with van der Waals surface area (Å²) in [5.41, 5.74) is 0. The van der Waals surface area contributed by atoms with Gasteiger partial charge in [0.1, 0.15) is 24.4 Å². The molecular formula is C46H83NO8. The molecule has 0 aromatic heterocycles. The molecule has 1 rings (SSSR count). The Hall–Kier alpha value is -1.85. The summed E-state index contributed by atoms with van der Waals surface area (Å²) in [7, 11) is 0. The molecule has 55 heavy (non-hydrogen) atoms. The number of amides is 1. The van der Waals surface area contributed by atoms with E-state index in [2.05, 4.69) is 67.8 Å². The van der Waals surface area contributed by atoms with Crippen molar-refractivity contribution in [1.82, 2.24) is 5.32 Å². The predicted molar refractivity (Wildman–Crippen MR) is 226 cm³/mol. The molecule has 9 nitrogen and oxygen atoms in total. The molecule has 1 heterocycles. The van der Waals surface area contributed by atoms with Gasteiger partial charge in [-0.3, -0.25) is 4.79 Å². The van der Waals surface area contributed by atoms with Crippen LogP contribution >= 0.6 is 0 Å². The summed E-state index contributed by atoms with van der Waals surface area (Å²) in [4.78, 5) is 12.9. The zero-order valence-corrected chi connectivity index (χ0v) is 34.9. The van der Waals surface area contributed by atoms with E-state index in [1.165, 1.54) is 103 Å². The fourth-order valence-electron chi connectivity index (χ4n) is 6.80. The fourth-order valence-corrected chi connectivity index (χ4v) is 6.80. The molecule has 1 aliphatic rings. The van der Waals surface area contributed by atoms with Crippen molar-refractivity contribution in [2.75, 3.05) is 13.2 Å². The molecule has 0 bridgehead atoms. The van der Waals surface area contributed by atoms with Crippen LogP contribution in [0.1, 0.15) is 181 Å². The lowest BCUT2D eigenvalue weighted by molar-refractivity contribution is -0.302.